The van der Waals surface area contributed by atoms with Gasteiger partial charge in [0.15, 0.2) is 0 Å². The van der Waals surface area contributed by atoms with Crippen LogP contribution in [-0.2, 0) is 9.47 Å². The Kier molecular flexibility index (Phi) is 3.64. The van der Waals surface area contributed by atoms with Crippen LogP contribution in [0.2, 0.25) is 0 Å². The second-order valence-corrected chi connectivity index (χ2v) is 5.24. The molecule has 110 valence electrons. The topological polar surface area (TPSA) is 55.8 Å². The van der Waals surface area contributed by atoms with E-state index >= 15 is 0 Å². The highest BCUT2D eigenvalue weighted by atomic mass is 16.6. The molecule has 0 radical (unpaired) electrons. The minimum absolute atomic E-state index is 0.0447. The summed E-state index contributed by atoms with van der Waals surface area (Å²) in [5.74, 6) is -0.364. The molecular formula is C16H17NO4. The summed E-state index contributed by atoms with van der Waals surface area (Å²) in [6.07, 6.45) is 2.48. The molecule has 21 heavy (non-hydrogen) atoms. The lowest BCUT2D eigenvalue weighted by atomic mass is 9.94. The van der Waals surface area contributed by atoms with Crippen LogP contribution in [0.3, 0.4) is 0 Å². The molecule has 1 aromatic carbocycles. The minimum atomic E-state index is -0.364. The molecule has 5 nitrogen and oxygen atoms in total. The number of nitrogens with zero attached hydrogens (tertiary/aromatic N) is 1. The summed E-state index contributed by atoms with van der Waals surface area (Å²) in [5, 5.41) is 0. The van der Waals surface area contributed by atoms with Gasteiger partial charge in [-0.25, -0.2) is 9.59 Å². The lowest BCUT2D eigenvalue weighted by molar-refractivity contribution is -0.0106. The third-order valence-corrected chi connectivity index (χ3v) is 4.02. The van der Waals surface area contributed by atoms with Crippen LogP contribution >= 0.6 is 0 Å². The number of ether oxygens (including phenoxy) is 2. The van der Waals surface area contributed by atoms with Gasteiger partial charge in [0.25, 0.3) is 0 Å². The maximum atomic E-state index is 12.1. The molecule has 0 aliphatic carbocycles. The first-order valence-corrected chi connectivity index (χ1v) is 7.04. The van der Waals surface area contributed by atoms with E-state index in [-0.39, 0.29) is 36.9 Å². The largest absolute Gasteiger partial charge is 0.456 e. The van der Waals surface area contributed by atoms with Crippen molar-refractivity contribution in [2.75, 3.05) is 6.61 Å². The monoisotopic (exact) mass is 287 g/mol. The first kappa shape index (κ1) is 13.7. The number of esters is 1. The number of fused-ring (bicyclic) bond motifs is 1. The molecule has 0 bridgehead atoms. The highest BCUT2D eigenvalue weighted by molar-refractivity contribution is 5.89. The van der Waals surface area contributed by atoms with Crippen molar-refractivity contribution < 1.29 is 19.1 Å². The Morgan fingerprint density at radius 2 is 2.10 bits per heavy atom. The zero-order valence-corrected chi connectivity index (χ0v) is 11.6. The van der Waals surface area contributed by atoms with Crippen molar-refractivity contribution in [2.24, 2.45) is 0 Å². The lowest BCUT2D eigenvalue weighted by Gasteiger charge is -2.38. The number of benzene rings is 1. The number of cyclic esters (lactones) is 1. The van der Waals surface area contributed by atoms with E-state index in [1.807, 2.05) is 6.07 Å². The van der Waals surface area contributed by atoms with Crippen LogP contribution in [-0.4, -0.2) is 41.8 Å². The number of hydrogen-bond acceptors (Lipinski definition) is 4. The zero-order chi connectivity index (χ0) is 14.8. The average molecular weight is 287 g/mol. The maximum Gasteiger partial charge on any atom is 0.410 e. The Hall–Kier alpha value is -2.30. The third-order valence-electron chi connectivity index (χ3n) is 4.02. The average Bonchev–Trinajstić information content (AvgIpc) is 2.91. The molecule has 0 N–H and O–H groups in total. The lowest BCUT2D eigenvalue weighted by Crippen LogP contribution is -2.52. The van der Waals surface area contributed by atoms with Gasteiger partial charge in [0.2, 0.25) is 0 Å². The van der Waals surface area contributed by atoms with Gasteiger partial charge in [0.05, 0.1) is 11.6 Å². The second kappa shape index (κ2) is 5.60. The fourth-order valence-corrected chi connectivity index (χ4v) is 2.93. The van der Waals surface area contributed by atoms with E-state index in [1.165, 1.54) is 0 Å². The van der Waals surface area contributed by atoms with Crippen LogP contribution in [0.5, 0.6) is 0 Å². The smallest absolute Gasteiger partial charge is 0.410 e. The Bertz CT molecular complexity index is 557. The SMILES string of the molecule is C=C[C@H]1CC[C@H](OC(=O)c2ccccc2)[C@H]2COC(=O)N21. The Labute approximate surface area is 123 Å². The van der Waals surface area contributed by atoms with Crippen LogP contribution in [0.25, 0.3) is 0 Å². The van der Waals surface area contributed by atoms with Gasteiger partial charge in [-0.3, -0.25) is 4.90 Å². The summed E-state index contributed by atoms with van der Waals surface area (Å²) >= 11 is 0. The predicted octanol–water partition coefficient (Wildman–Crippen LogP) is 2.38. The molecule has 0 saturated carbocycles. The van der Waals surface area contributed by atoms with Crippen LogP contribution in [0.1, 0.15) is 23.2 Å². The van der Waals surface area contributed by atoms with Gasteiger partial charge in [-0.15, -0.1) is 6.58 Å². The summed E-state index contributed by atoms with van der Waals surface area (Å²) in [5.41, 5.74) is 0.514. The van der Waals surface area contributed by atoms with E-state index in [0.717, 1.165) is 6.42 Å². The van der Waals surface area contributed by atoms with Gasteiger partial charge >= 0.3 is 12.1 Å². The predicted molar refractivity (Wildman–Crippen MR) is 75.8 cm³/mol. The molecule has 5 heteroatoms. The molecule has 3 rings (SSSR count). The molecule has 0 aromatic heterocycles. The number of carbonyl (C=O) groups excluding carboxylic acids is 2. The number of carbonyl (C=O) groups is 2. The van der Waals surface area contributed by atoms with Gasteiger partial charge in [-0.05, 0) is 25.0 Å². The summed E-state index contributed by atoms with van der Waals surface area (Å²) in [7, 11) is 0. The van der Waals surface area contributed by atoms with Gasteiger partial charge < -0.3 is 9.47 Å². The van der Waals surface area contributed by atoms with Crippen LogP contribution in [0.4, 0.5) is 4.79 Å². The second-order valence-electron chi connectivity index (χ2n) is 5.24. The summed E-state index contributed by atoms with van der Waals surface area (Å²) in [6.45, 7) is 4.02. The van der Waals surface area contributed by atoms with Crippen molar-refractivity contribution in [1.29, 1.82) is 0 Å². The molecule has 2 saturated heterocycles. The third kappa shape index (κ3) is 2.51. The molecule has 1 aromatic rings. The highest BCUT2D eigenvalue weighted by Crippen LogP contribution is 2.31. The Morgan fingerprint density at radius 1 is 1.33 bits per heavy atom. The normalized spacial score (nSPS) is 27.7. The van der Waals surface area contributed by atoms with Gasteiger partial charge in [-0.1, -0.05) is 24.3 Å². The van der Waals surface area contributed by atoms with Crippen molar-refractivity contribution in [1.82, 2.24) is 4.90 Å². The summed E-state index contributed by atoms with van der Waals surface area (Å²) in [4.78, 5) is 25.6. The quantitative estimate of drug-likeness (QED) is 0.632. The molecule has 2 aliphatic rings. The van der Waals surface area contributed by atoms with E-state index in [2.05, 4.69) is 6.58 Å². The van der Waals surface area contributed by atoms with Crippen LogP contribution < -0.4 is 0 Å². The van der Waals surface area contributed by atoms with Crippen molar-refractivity contribution in [3.8, 4) is 0 Å². The molecule has 2 heterocycles. The van der Waals surface area contributed by atoms with Gasteiger partial charge in [-0.2, -0.15) is 0 Å². The van der Waals surface area contributed by atoms with E-state index in [4.69, 9.17) is 9.47 Å². The first-order chi connectivity index (χ1) is 10.2. The zero-order valence-electron chi connectivity index (χ0n) is 11.6. The van der Waals surface area contributed by atoms with Crippen molar-refractivity contribution in [2.45, 2.75) is 31.0 Å². The molecule has 2 aliphatic heterocycles. The van der Waals surface area contributed by atoms with E-state index in [9.17, 15) is 9.59 Å². The van der Waals surface area contributed by atoms with E-state index in [1.54, 1.807) is 35.2 Å². The van der Waals surface area contributed by atoms with Gasteiger partial charge in [0, 0.05) is 0 Å². The number of amides is 1. The van der Waals surface area contributed by atoms with Crippen LogP contribution in [0.15, 0.2) is 43.0 Å². The summed E-state index contributed by atoms with van der Waals surface area (Å²) < 4.78 is 10.7. The molecule has 1 amide bonds. The Balaban J connectivity index is 1.73. The molecule has 0 unspecified atom stereocenters. The Morgan fingerprint density at radius 3 is 2.81 bits per heavy atom. The van der Waals surface area contributed by atoms with Crippen molar-refractivity contribution in [3.63, 3.8) is 0 Å². The molecular weight excluding hydrogens is 270 g/mol. The van der Waals surface area contributed by atoms with Gasteiger partial charge in [0.1, 0.15) is 18.8 Å². The van der Waals surface area contributed by atoms with Crippen LogP contribution in [0, 0.1) is 0 Å². The molecule has 3 atom stereocenters. The maximum absolute atomic E-state index is 12.1. The fourth-order valence-electron chi connectivity index (χ4n) is 2.93. The fraction of sp³-hybridized carbons (Fsp3) is 0.375. The number of rotatable bonds is 3. The molecule has 2 fully saturated rings. The minimum Gasteiger partial charge on any atom is -0.456 e. The number of piperidine rings is 1. The summed E-state index contributed by atoms with van der Waals surface area (Å²) in [6, 6.07) is 8.59. The molecule has 0 spiro atoms. The standard InChI is InChI=1S/C16H17NO4/c1-2-12-8-9-14(13-10-20-16(19)17(12)13)21-15(18)11-6-4-3-5-7-11/h2-7,12-14H,1,8-10H2/t12-,13+,14-/m0/s1. The van der Waals surface area contributed by atoms with E-state index < -0.39 is 0 Å². The number of hydrogen-bond donors (Lipinski definition) is 0. The highest BCUT2D eigenvalue weighted by Gasteiger charge is 2.46. The first-order valence-electron chi connectivity index (χ1n) is 7.04. The van der Waals surface area contributed by atoms with E-state index in [0.29, 0.717) is 12.0 Å². The van der Waals surface area contributed by atoms with Crippen molar-refractivity contribution >= 4 is 12.1 Å². The van der Waals surface area contributed by atoms with Crippen molar-refractivity contribution in [3.05, 3.63) is 48.6 Å².